The molecule has 0 aliphatic heterocycles. The maximum Gasteiger partial charge on any atom is 0.191 e. The van der Waals surface area contributed by atoms with E-state index in [0.29, 0.717) is 0 Å². The van der Waals surface area contributed by atoms with Crippen molar-refractivity contribution in [2.75, 3.05) is 12.4 Å². The third-order valence-electron chi connectivity index (χ3n) is 2.08. The number of nitrogens with zero attached hydrogens (tertiary/aromatic N) is 3. The van der Waals surface area contributed by atoms with Gasteiger partial charge in [-0.15, -0.1) is 0 Å². The molecule has 16 heavy (non-hydrogen) atoms. The van der Waals surface area contributed by atoms with E-state index in [4.69, 9.17) is 0 Å². The Morgan fingerprint density at radius 1 is 1.31 bits per heavy atom. The summed E-state index contributed by atoms with van der Waals surface area (Å²) in [5, 5.41) is 6.46. The van der Waals surface area contributed by atoms with Crippen molar-refractivity contribution in [2.24, 2.45) is 0 Å². The predicted molar refractivity (Wildman–Crippen MR) is 55.6 cm³/mol. The zero-order chi connectivity index (χ0) is 11.7. The van der Waals surface area contributed by atoms with Gasteiger partial charge in [-0.3, -0.25) is 0 Å². The molecule has 0 amide bonds. The molecule has 2 aromatic rings. The number of aromatic nitrogens is 3. The molecule has 0 aliphatic rings. The summed E-state index contributed by atoms with van der Waals surface area (Å²) in [6, 6.07) is 0.783. The van der Waals surface area contributed by atoms with Crippen LogP contribution in [0, 0.1) is 18.6 Å². The van der Waals surface area contributed by atoms with E-state index in [1.54, 1.807) is 12.4 Å². The van der Waals surface area contributed by atoms with Crippen molar-refractivity contribution < 1.29 is 8.78 Å². The van der Waals surface area contributed by atoms with Crippen molar-refractivity contribution in [3.05, 3.63) is 35.7 Å². The highest BCUT2D eigenvalue weighted by molar-refractivity contribution is 5.41. The molecule has 2 heterocycles. The standard InChI is InChI=1S/C10H10F2N4/c1-6-4-14-16(5-6)10-8(12)3-7(11)9(13-2)15-10/h3-5H,1-2H3,(H,13,15). The second-order valence-corrected chi connectivity index (χ2v) is 3.34. The molecule has 0 radical (unpaired) electrons. The topological polar surface area (TPSA) is 42.7 Å². The van der Waals surface area contributed by atoms with Crippen LogP contribution in [0.25, 0.3) is 5.82 Å². The zero-order valence-electron chi connectivity index (χ0n) is 8.83. The maximum atomic E-state index is 13.5. The van der Waals surface area contributed by atoms with Gasteiger partial charge in [0.25, 0.3) is 0 Å². The van der Waals surface area contributed by atoms with E-state index in [-0.39, 0.29) is 11.6 Å². The van der Waals surface area contributed by atoms with E-state index in [0.717, 1.165) is 11.6 Å². The number of hydrogen-bond acceptors (Lipinski definition) is 3. The predicted octanol–water partition coefficient (Wildman–Crippen LogP) is 1.90. The van der Waals surface area contributed by atoms with Gasteiger partial charge in [-0.2, -0.15) is 5.10 Å². The van der Waals surface area contributed by atoms with Crippen molar-refractivity contribution in [1.29, 1.82) is 0 Å². The third-order valence-corrected chi connectivity index (χ3v) is 2.08. The molecule has 4 nitrogen and oxygen atoms in total. The smallest absolute Gasteiger partial charge is 0.191 e. The first-order chi connectivity index (χ1) is 7.61. The summed E-state index contributed by atoms with van der Waals surface area (Å²) in [5.74, 6) is -1.52. The molecule has 84 valence electrons. The van der Waals surface area contributed by atoms with Crippen LogP contribution in [-0.2, 0) is 0 Å². The van der Waals surface area contributed by atoms with E-state index in [1.807, 2.05) is 6.92 Å². The summed E-state index contributed by atoms with van der Waals surface area (Å²) in [6.07, 6.45) is 3.19. The lowest BCUT2D eigenvalue weighted by atomic mass is 10.4. The van der Waals surface area contributed by atoms with Gasteiger partial charge in [0.05, 0.1) is 6.20 Å². The van der Waals surface area contributed by atoms with E-state index in [1.165, 1.54) is 11.7 Å². The Bertz CT molecular complexity index is 522. The third kappa shape index (κ3) is 1.73. The molecule has 0 bridgehead atoms. The molecule has 6 heteroatoms. The molecule has 0 atom stereocenters. The van der Waals surface area contributed by atoms with Gasteiger partial charge in [-0.1, -0.05) is 0 Å². The van der Waals surface area contributed by atoms with Crippen molar-refractivity contribution in [1.82, 2.24) is 14.8 Å². The first kappa shape index (κ1) is 10.5. The van der Waals surface area contributed by atoms with Crippen LogP contribution in [0.15, 0.2) is 18.5 Å². The molecule has 2 rings (SSSR count). The highest BCUT2D eigenvalue weighted by Crippen LogP contribution is 2.17. The van der Waals surface area contributed by atoms with Gasteiger partial charge in [-0.25, -0.2) is 18.4 Å². The lowest BCUT2D eigenvalue weighted by Gasteiger charge is -2.06. The molecule has 0 saturated carbocycles. The highest BCUT2D eigenvalue weighted by atomic mass is 19.1. The fourth-order valence-electron chi connectivity index (χ4n) is 1.32. The Labute approximate surface area is 90.9 Å². The van der Waals surface area contributed by atoms with Crippen LogP contribution in [0.5, 0.6) is 0 Å². The molecule has 0 aliphatic carbocycles. The molecule has 1 N–H and O–H groups in total. The monoisotopic (exact) mass is 224 g/mol. The van der Waals surface area contributed by atoms with Crippen LogP contribution in [0.2, 0.25) is 0 Å². The van der Waals surface area contributed by atoms with Crippen molar-refractivity contribution in [2.45, 2.75) is 6.92 Å². The number of halogens is 2. The minimum Gasteiger partial charge on any atom is -0.371 e. The van der Waals surface area contributed by atoms with Crippen molar-refractivity contribution in [3.8, 4) is 5.82 Å². The number of hydrogen-bond donors (Lipinski definition) is 1. The molecule has 2 aromatic heterocycles. The van der Waals surface area contributed by atoms with Gasteiger partial charge in [0.15, 0.2) is 23.3 Å². The van der Waals surface area contributed by atoms with Gasteiger partial charge in [0.1, 0.15) is 0 Å². The summed E-state index contributed by atoms with van der Waals surface area (Å²) >= 11 is 0. The minimum absolute atomic E-state index is 0.00967. The molecule has 0 saturated heterocycles. The largest absolute Gasteiger partial charge is 0.371 e. The second kappa shape index (κ2) is 3.88. The second-order valence-electron chi connectivity index (χ2n) is 3.34. The van der Waals surface area contributed by atoms with Gasteiger partial charge in [0, 0.05) is 19.3 Å². The zero-order valence-corrected chi connectivity index (χ0v) is 8.83. The van der Waals surface area contributed by atoms with Crippen LogP contribution in [0.1, 0.15) is 5.56 Å². The van der Waals surface area contributed by atoms with Gasteiger partial charge in [-0.05, 0) is 12.5 Å². The Morgan fingerprint density at radius 2 is 2.06 bits per heavy atom. The lowest BCUT2D eigenvalue weighted by molar-refractivity contribution is 0.563. The molecule has 0 fully saturated rings. The highest BCUT2D eigenvalue weighted by Gasteiger charge is 2.12. The van der Waals surface area contributed by atoms with E-state index in [2.05, 4.69) is 15.4 Å². The summed E-state index contributed by atoms with van der Waals surface area (Å²) in [6.45, 7) is 1.82. The number of rotatable bonds is 2. The molecule has 0 spiro atoms. The SMILES string of the molecule is CNc1nc(-n2cc(C)cn2)c(F)cc1F. The number of anilines is 1. The van der Waals surface area contributed by atoms with Crippen LogP contribution in [0.3, 0.4) is 0 Å². The Balaban J connectivity index is 2.56. The van der Waals surface area contributed by atoms with Crippen LogP contribution >= 0.6 is 0 Å². The number of pyridine rings is 1. The fourth-order valence-corrected chi connectivity index (χ4v) is 1.32. The van der Waals surface area contributed by atoms with Gasteiger partial charge >= 0.3 is 0 Å². The minimum atomic E-state index is -0.750. The van der Waals surface area contributed by atoms with Crippen LogP contribution in [0.4, 0.5) is 14.6 Å². The van der Waals surface area contributed by atoms with E-state index in [9.17, 15) is 8.78 Å². The van der Waals surface area contributed by atoms with Crippen molar-refractivity contribution >= 4 is 5.82 Å². The molecule has 0 unspecified atom stereocenters. The molecular formula is C10H10F2N4. The van der Waals surface area contributed by atoms with Crippen LogP contribution < -0.4 is 5.32 Å². The first-order valence-corrected chi connectivity index (χ1v) is 4.67. The Morgan fingerprint density at radius 3 is 2.62 bits per heavy atom. The van der Waals surface area contributed by atoms with E-state index < -0.39 is 11.6 Å². The van der Waals surface area contributed by atoms with Crippen molar-refractivity contribution in [3.63, 3.8) is 0 Å². The summed E-state index contributed by atoms with van der Waals surface area (Å²) < 4.78 is 27.9. The Hall–Kier alpha value is -1.98. The van der Waals surface area contributed by atoms with E-state index >= 15 is 0 Å². The summed E-state index contributed by atoms with van der Waals surface area (Å²) in [7, 11) is 1.52. The van der Waals surface area contributed by atoms with Gasteiger partial charge in [0.2, 0.25) is 0 Å². The normalized spacial score (nSPS) is 10.5. The average Bonchev–Trinajstić information content (AvgIpc) is 2.65. The Kier molecular flexibility index (Phi) is 2.55. The number of nitrogens with one attached hydrogen (secondary N) is 1. The first-order valence-electron chi connectivity index (χ1n) is 4.67. The maximum absolute atomic E-state index is 13.5. The fraction of sp³-hybridized carbons (Fsp3) is 0.200. The molecular weight excluding hydrogens is 214 g/mol. The molecule has 0 aromatic carbocycles. The summed E-state index contributed by atoms with van der Waals surface area (Å²) in [5.41, 5.74) is 0.872. The lowest BCUT2D eigenvalue weighted by Crippen LogP contribution is -2.06. The quantitative estimate of drug-likeness (QED) is 0.847. The van der Waals surface area contributed by atoms with Crippen LogP contribution in [-0.4, -0.2) is 21.8 Å². The number of aryl methyl sites for hydroxylation is 1. The van der Waals surface area contributed by atoms with Gasteiger partial charge < -0.3 is 5.32 Å². The average molecular weight is 224 g/mol. The summed E-state index contributed by atoms with van der Waals surface area (Å²) in [4.78, 5) is 3.81.